The first-order valence-electron chi connectivity index (χ1n) is 6.40. The van der Waals surface area contributed by atoms with E-state index in [9.17, 15) is 9.90 Å². The highest BCUT2D eigenvalue weighted by Crippen LogP contribution is 2.01. The fourth-order valence-electron chi connectivity index (χ4n) is 1.60. The number of aliphatic carboxylic acids is 1. The van der Waals surface area contributed by atoms with E-state index in [4.69, 9.17) is 14.6 Å². The molecule has 1 aromatic heterocycles. The number of nitrogens with zero attached hydrogens (tertiary/aromatic N) is 3. The summed E-state index contributed by atoms with van der Waals surface area (Å²) < 4.78 is 11.8. The lowest BCUT2D eigenvalue weighted by atomic mass is 10.2. The van der Waals surface area contributed by atoms with Crippen molar-refractivity contribution >= 4 is 5.97 Å². The second-order valence-corrected chi connectivity index (χ2v) is 4.58. The lowest BCUT2D eigenvalue weighted by molar-refractivity contribution is -0.136. The Bertz CT molecular complexity index is 410. The summed E-state index contributed by atoms with van der Waals surface area (Å²) in [6.45, 7) is 2.75. The van der Waals surface area contributed by atoms with Gasteiger partial charge in [0.15, 0.2) is 0 Å². The van der Waals surface area contributed by atoms with Crippen molar-refractivity contribution < 1.29 is 24.5 Å². The number of aliphatic hydroxyl groups excluding tert-OH is 1. The highest BCUT2D eigenvalue weighted by atomic mass is 16.5. The first-order valence-corrected chi connectivity index (χ1v) is 6.40. The maximum Gasteiger partial charge on any atom is 0.303 e. The topological polar surface area (TPSA) is 107 Å². The van der Waals surface area contributed by atoms with Crippen LogP contribution >= 0.6 is 0 Å². The third-order valence-corrected chi connectivity index (χ3v) is 2.55. The van der Waals surface area contributed by atoms with Crippen LogP contribution in [0.3, 0.4) is 0 Å². The molecule has 0 spiro atoms. The van der Waals surface area contributed by atoms with Crippen LogP contribution in [-0.2, 0) is 27.2 Å². The van der Waals surface area contributed by atoms with Crippen LogP contribution in [0.2, 0.25) is 0 Å². The molecule has 0 saturated heterocycles. The summed E-state index contributed by atoms with van der Waals surface area (Å²) in [6.07, 6.45) is 1.18. The molecule has 2 unspecified atom stereocenters. The van der Waals surface area contributed by atoms with Crippen LogP contribution in [0, 0.1) is 0 Å². The highest BCUT2D eigenvalue weighted by molar-refractivity contribution is 5.66. The summed E-state index contributed by atoms with van der Waals surface area (Å²) in [5.74, 6) is -0.875. The number of carboxylic acid groups (broad SMARTS) is 1. The molecule has 0 bridgehead atoms. The van der Waals surface area contributed by atoms with Gasteiger partial charge in [-0.2, -0.15) is 0 Å². The average Bonchev–Trinajstić information content (AvgIpc) is 2.82. The normalized spacial score (nSPS) is 14.2. The number of aromatic nitrogens is 3. The van der Waals surface area contributed by atoms with E-state index in [0.29, 0.717) is 18.7 Å². The second-order valence-electron chi connectivity index (χ2n) is 4.58. The van der Waals surface area contributed by atoms with Gasteiger partial charge in [0.05, 0.1) is 44.1 Å². The zero-order valence-corrected chi connectivity index (χ0v) is 11.7. The van der Waals surface area contributed by atoms with Gasteiger partial charge in [-0.25, -0.2) is 4.68 Å². The maximum absolute atomic E-state index is 10.4. The summed E-state index contributed by atoms with van der Waals surface area (Å²) in [7, 11) is 1.59. The van der Waals surface area contributed by atoms with Crippen LogP contribution in [0.5, 0.6) is 0 Å². The number of ether oxygens (including phenoxy) is 2. The minimum atomic E-state index is -0.875. The minimum absolute atomic E-state index is 0.0128. The summed E-state index contributed by atoms with van der Waals surface area (Å²) in [5.41, 5.74) is 0.591. The first-order chi connectivity index (χ1) is 9.51. The predicted molar refractivity (Wildman–Crippen MR) is 69.3 cm³/mol. The Hall–Kier alpha value is -1.51. The second kappa shape index (κ2) is 8.62. The van der Waals surface area contributed by atoms with E-state index in [0.717, 1.165) is 0 Å². The first kappa shape index (κ1) is 16.5. The van der Waals surface area contributed by atoms with Crippen molar-refractivity contribution in [3.05, 3.63) is 11.9 Å². The molecular weight excluding hydrogens is 266 g/mol. The maximum atomic E-state index is 10.4. The molecule has 0 saturated carbocycles. The van der Waals surface area contributed by atoms with Gasteiger partial charge in [-0.05, 0) is 6.92 Å². The van der Waals surface area contributed by atoms with Crippen molar-refractivity contribution in [1.29, 1.82) is 0 Å². The quantitative estimate of drug-likeness (QED) is 0.608. The molecule has 2 N–H and O–H groups in total. The molecule has 1 aromatic rings. The molecule has 0 aliphatic carbocycles. The van der Waals surface area contributed by atoms with E-state index in [1.165, 1.54) is 4.68 Å². The van der Waals surface area contributed by atoms with Crippen LogP contribution in [0.25, 0.3) is 0 Å². The predicted octanol–water partition coefficient (Wildman–Crippen LogP) is -0.292. The van der Waals surface area contributed by atoms with E-state index in [2.05, 4.69) is 10.3 Å². The van der Waals surface area contributed by atoms with E-state index in [1.54, 1.807) is 13.3 Å². The van der Waals surface area contributed by atoms with Crippen LogP contribution in [-0.4, -0.2) is 63.7 Å². The van der Waals surface area contributed by atoms with Crippen LogP contribution in [0.1, 0.15) is 19.0 Å². The Morgan fingerprint density at radius 2 is 2.25 bits per heavy atom. The summed E-state index contributed by atoms with van der Waals surface area (Å²) >= 11 is 0. The highest BCUT2D eigenvalue weighted by Gasteiger charge is 2.11. The average molecular weight is 287 g/mol. The summed E-state index contributed by atoms with van der Waals surface area (Å²) in [5, 5.41) is 26.0. The van der Waals surface area contributed by atoms with Gasteiger partial charge in [0.1, 0.15) is 0 Å². The van der Waals surface area contributed by atoms with Gasteiger partial charge < -0.3 is 19.7 Å². The van der Waals surface area contributed by atoms with Crippen LogP contribution in [0.4, 0.5) is 0 Å². The van der Waals surface area contributed by atoms with Gasteiger partial charge in [0.25, 0.3) is 0 Å². The molecule has 0 aromatic carbocycles. The van der Waals surface area contributed by atoms with Crippen molar-refractivity contribution in [3.8, 4) is 0 Å². The molecule has 1 heterocycles. The molecule has 0 aliphatic rings. The zero-order valence-electron chi connectivity index (χ0n) is 11.7. The minimum Gasteiger partial charge on any atom is -0.481 e. The summed E-state index contributed by atoms with van der Waals surface area (Å²) in [4.78, 5) is 10.4. The molecular formula is C12H21N3O5. The fraction of sp³-hybridized carbons (Fsp3) is 0.750. The molecule has 0 fully saturated rings. The SMILES string of the molecule is COCC(C)OCC(O)Cn1cc(CCC(=O)O)nn1. The van der Waals surface area contributed by atoms with E-state index < -0.39 is 12.1 Å². The van der Waals surface area contributed by atoms with Gasteiger partial charge in [0, 0.05) is 19.7 Å². The van der Waals surface area contributed by atoms with Gasteiger partial charge in [0.2, 0.25) is 0 Å². The monoisotopic (exact) mass is 287 g/mol. The van der Waals surface area contributed by atoms with Crippen molar-refractivity contribution in [2.24, 2.45) is 0 Å². The number of aryl methyl sites for hydroxylation is 1. The van der Waals surface area contributed by atoms with Gasteiger partial charge in [-0.3, -0.25) is 4.79 Å². The lowest BCUT2D eigenvalue weighted by Gasteiger charge is -2.15. The zero-order chi connectivity index (χ0) is 15.0. The Morgan fingerprint density at radius 1 is 1.50 bits per heavy atom. The number of hydrogen-bond acceptors (Lipinski definition) is 6. The van der Waals surface area contributed by atoms with Gasteiger partial charge >= 0.3 is 5.97 Å². The van der Waals surface area contributed by atoms with Crippen LogP contribution in [0.15, 0.2) is 6.20 Å². The molecule has 8 nitrogen and oxygen atoms in total. The molecule has 0 radical (unpaired) electrons. The Kier molecular flexibility index (Phi) is 7.13. The van der Waals surface area contributed by atoms with E-state index >= 15 is 0 Å². The van der Waals surface area contributed by atoms with Gasteiger partial charge in [-0.1, -0.05) is 5.21 Å². The number of rotatable bonds is 10. The third kappa shape index (κ3) is 6.60. The largest absolute Gasteiger partial charge is 0.481 e. The Balaban J connectivity index is 2.31. The van der Waals surface area contributed by atoms with Crippen molar-refractivity contribution in [3.63, 3.8) is 0 Å². The van der Waals surface area contributed by atoms with Crippen LogP contribution < -0.4 is 0 Å². The molecule has 20 heavy (non-hydrogen) atoms. The fourth-order valence-corrected chi connectivity index (χ4v) is 1.60. The van der Waals surface area contributed by atoms with Crippen molar-refractivity contribution in [2.75, 3.05) is 20.3 Å². The standard InChI is InChI=1S/C12H21N3O5/c1-9(7-19-2)20-8-11(16)6-15-5-10(13-14-15)3-4-12(17)18/h5,9,11,16H,3-4,6-8H2,1-2H3,(H,17,18). The Morgan fingerprint density at radius 3 is 2.90 bits per heavy atom. The lowest BCUT2D eigenvalue weighted by Crippen LogP contribution is -2.26. The molecule has 1 rings (SSSR count). The molecule has 114 valence electrons. The number of carbonyl (C=O) groups is 1. The number of aliphatic hydroxyl groups is 1. The van der Waals surface area contributed by atoms with E-state index in [1.807, 2.05) is 6.92 Å². The number of methoxy groups -OCH3 is 1. The number of carboxylic acids is 1. The molecule has 8 heteroatoms. The molecule has 0 aliphatic heterocycles. The smallest absolute Gasteiger partial charge is 0.303 e. The van der Waals surface area contributed by atoms with Crippen molar-refractivity contribution in [2.45, 2.75) is 38.5 Å². The molecule has 0 amide bonds. The van der Waals surface area contributed by atoms with Gasteiger partial charge in [-0.15, -0.1) is 5.10 Å². The van der Waals surface area contributed by atoms with E-state index in [-0.39, 0.29) is 25.7 Å². The summed E-state index contributed by atoms with van der Waals surface area (Å²) in [6, 6.07) is 0. The molecule has 2 atom stereocenters. The Labute approximate surface area is 117 Å². The van der Waals surface area contributed by atoms with Crippen molar-refractivity contribution in [1.82, 2.24) is 15.0 Å². The third-order valence-electron chi connectivity index (χ3n) is 2.55. The number of hydrogen-bond donors (Lipinski definition) is 2.